The number of nitrogens with zero attached hydrogens (tertiary/aromatic N) is 2. The zero-order valence-electron chi connectivity index (χ0n) is 14.8. The van der Waals surface area contributed by atoms with Crippen molar-refractivity contribution in [3.05, 3.63) is 35.9 Å². The van der Waals surface area contributed by atoms with Gasteiger partial charge in [0.05, 0.1) is 0 Å². The average molecular weight is 317 g/mol. The molecule has 1 amide bonds. The second-order valence-electron chi connectivity index (χ2n) is 6.91. The SMILES string of the molecule is CNCC(C)C(=O)N1CCC(CN(C)Cc2ccccc2)CC1. The molecular weight excluding hydrogens is 286 g/mol. The maximum atomic E-state index is 12.3. The largest absolute Gasteiger partial charge is 0.342 e. The number of likely N-dealkylation sites (tertiary alicyclic amines) is 1. The first kappa shape index (κ1) is 18.0. The Balaban J connectivity index is 1.73. The second-order valence-corrected chi connectivity index (χ2v) is 6.91. The fourth-order valence-electron chi connectivity index (χ4n) is 3.44. The smallest absolute Gasteiger partial charge is 0.226 e. The summed E-state index contributed by atoms with van der Waals surface area (Å²) >= 11 is 0. The van der Waals surface area contributed by atoms with Crippen LogP contribution in [-0.4, -0.2) is 56.0 Å². The molecule has 0 bridgehead atoms. The van der Waals surface area contributed by atoms with Gasteiger partial charge in [0.15, 0.2) is 0 Å². The van der Waals surface area contributed by atoms with Gasteiger partial charge in [-0.2, -0.15) is 0 Å². The molecule has 1 N–H and O–H groups in total. The number of amides is 1. The molecule has 0 radical (unpaired) electrons. The Morgan fingerprint density at radius 2 is 1.96 bits per heavy atom. The molecule has 1 aliphatic rings. The Morgan fingerprint density at radius 3 is 2.57 bits per heavy atom. The van der Waals surface area contributed by atoms with Crippen molar-refractivity contribution in [1.82, 2.24) is 15.1 Å². The molecule has 128 valence electrons. The molecule has 1 aliphatic heterocycles. The lowest BCUT2D eigenvalue weighted by molar-refractivity contribution is -0.136. The summed E-state index contributed by atoms with van der Waals surface area (Å²) in [5.41, 5.74) is 1.36. The lowest BCUT2D eigenvalue weighted by Crippen LogP contribution is -2.44. The van der Waals surface area contributed by atoms with Gasteiger partial charge in [0.2, 0.25) is 5.91 Å². The lowest BCUT2D eigenvalue weighted by atomic mass is 9.95. The molecule has 4 heteroatoms. The number of benzene rings is 1. The van der Waals surface area contributed by atoms with Crippen LogP contribution in [0.5, 0.6) is 0 Å². The van der Waals surface area contributed by atoms with E-state index in [1.54, 1.807) is 0 Å². The van der Waals surface area contributed by atoms with Crippen LogP contribution in [0.25, 0.3) is 0 Å². The van der Waals surface area contributed by atoms with Crippen molar-refractivity contribution in [2.24, 2.45) is 11.8 Å². The molecule has 1 aromatic carbocycles. The average Bonchev–Trinajstić information content (AvgIpc) is 2.56. The van der Waals surface area contributed by atoms with Crippen molar-refractivity contribution >= 4 is 5.91 Å². The lowest BCUT2D eigenvalue weighted by Gasteiger charge is -2.35. The monoisotopic (exact) mass is 317 g/mol. The van der Waals surface area contributed by atoms with Crippen molar-refractivity contribution in [3.63, 3.8) is 0 Å². The molecule has 0 spiro atoms. The summed E-state index contributed by atoms with van der Waals surface area (Å²) in [7, 11) is 4.10. The molecule has 23 heavy (non-hydrogen) atoms. The fraction of sp³-hybridized carbons (Fsp3) is 0.632. The zero-order chi connectivity index (χ0) is 16.7. The molecule has 1 fully saturated rings. The number of rotatable bonds is 7. The number of hydrogen-bond donors (Lipinski definition) is 1. The number of nitrogens with one attached hydrogen (secondary N) is 1. The highest BCUT2D eigenvalue weighted by Crippen LogP contribution is 2.20. The molecule has 1 saturated heterocycles. The molecule has 0 aliphatic carbocycles. The first-order valence-electron chi connectivity index (χ1n) is 8.76. The van der Waals surface area contributed by atoms with Gasteiger partial charge in [-0.1, -0.05) is 37.3 Å². The summed E-state index contributed by atoms with van der Waals surface area (Å²) in [5, 5.41) is 3.09. The maximum absolute atomic E-state index is 12.3. The second kappa shape index (κ2) is 9.04. The van der Waals surface area contributed by atoms with Crippen LogP contribution in [0.1, 0.15) is 25.3 Å². The van der Waals surface area contributed by atoms with Gasteiger partial charge < -0.3 is 15.1 Å². The quantitative estimate of drug-likeness (QED) is 0.837. The zero-order valence-corrected chi connectivity index (χ0v) is 14.8. The Morgan fingerprint density at radius 1 is 1.30 bits per heavy atom. The molecule has 0 aromatic heterocycles. The van der Waals surface area contributed by atoms with E-state index in [0.717, 1.165) is 45.6 Å². The normalized spacial score (nSPS) is 17.5. The topological polar surface area (TPSA) is 35.6 Å². The van der Waals surface area contributed by atoms with Gasteiger partial charge in [-0.05, 0) is 38.4 Å². The van der Waals surface area contributed by atoms with E-state index in [4.69, 9.17) is 0 Å². The predicted molar refractivity (Wildman–Crippen MR) is 95.2 cm³/mol. The Bertz CT molecular complexity index is 469. The number of carbonyl (C=O) groups excluding carboxylic acids is 1. The van der Waals surface area contributed by atoms with Crippen molar-refractivity contribution in [1.29, 1.82) is 0 Å². The molecule has 1 unspecified atom stereocenters. The summed E-state index contributed by atoms with van der Waals surface area (Å²) in [6, 6.07) is 10.6. The van der Waals surface area contributed by atoms with Crippen LogP contribution in [0.3, 0.4) is 0 Å². The molecule has 1 heterocycles. The number of piperidine rings is 1. The highest BCUT2D eigenvalue weighted by molar-refractivity contribution is 5.78. The molecule has 1 atom stereocenters. The van der Waals surface area contributed by atoms with Gasteiger partial charge in [0.25, 0.3) is 0 Å². The molecule has 4 nitrogen and oxygen atoms in total. The van der Waals surface area contributed by atoms with Gasteiger partial charge >= 0.3 is 0 Å². The summed E-state index contributed by atoms with van der Waals surface area (Å²) in [6.45, 7) is 6.72. The van der Waals surface area contributed by atoms with Crippen molar-refractivity contribution in [2.45, 2.75) is 26.3 Å². The maximum Gasteiger partial charge on any atom is 0.226 e. The van der Waals surface area contributed by atoms with E-state index in [2.05, 4.69) is 52.5 Å². The van der Waals surface area contributed by atoms with Gasteiger partial charge in [-0.15, -0.1) is 0 Å². The van der Waals surface area contributed by atoms with Crippen LogP contribution in [0.15, 0.2) is 30.3 Å². The minimum Gasteiger partial charge on any atom is -0.342 e. The van der Waals surface area contributed by atoms with E-state index in [-0.39, 0.29) is 5.92 Å². The highest BCUT2D eigenvalue weighted by Gasteiger charge is 2.26. The van der Waals surface area contributed by atoms with Crippen molar-refractivity contribution in [3.8, 4) is 0 Å². The van der Waals surface area contributed by atoms with Crippen LogP contribution in [0, 0.1) is 11.8 Å². The third kappa shape index (κ3) is 5.63. The van der Waals surface area contributed by atoms with Crippen LogP contribution in [0.4, 0.5) is 0 Å². The minimum absolute atomic E-state index is 0.0808. The van der Waals surface area contributed by atoms with Gasteiger partial charge in [-0.3, -0.25) is 4.79 Å². The van der Waals surface area contributed by atoms with Gasteiger partial charge in [-0.25, -0.2) is 0 Å². The van der Waals surface area contributed by atoms with Crippen molar-refractivity contribution < 1.29 is 4.79 Å². The van der Waals surface area contributed by atoms with E-state index in [9.17, 15) is 4.79 Å². The third-order valence-electron chi connectivity index (χ3n) is 4.72. The summed E-state index contributed by atoms with van der Waals surface area (Å²) in [5.74, 6) is 1.08. The van der Waals surface area contributed by atoms with Crippen LogP contribution in [-0.2, 0) is 11.3 Å². The van der Waals surface area contributed by atoms with E-state index < -0.39 is 0 Å². The first-order chi connectivity index (χ1) is 11.1. The van der Waals surface area contributed by atoms with E-state index >= 15 is 0 Å². The van der Waals surface area contributed by atoms with E-state index in [1.807, 2.05) is 14.0 Å². The van der Waals surface area contributed by atoms with E-state index in [1.165, 1.54) is 5.56 Å². The Hall–Kier alpha value is -1.39. The highest BCUT2D eigenvalue weighted by atomic mass is 16.2. The molecule has 0 saturated carbocycles. The van der Waals surface area contributed by atoms with Gasteiger partial charge in [0, 0.05) is 38.6 Å². The number of carbonyl (C=O) groups is 1. The Kier molecular flexibility index (Phi) is 7.06. The fourth-order valence-corrected chi connectivity index (χ4v) is 3.44. The van der Waals surface area contributed by atoms with Crippen molar-refractivity contribution in [2.75, 3.05) is 40.3 Å². The molecule has 1 aromatic rings. The molecule has 2 rings (SSSR count). The first-order valence-corrected chi connectivity index (χ1v) is 8.76. The summed E-state index contributed by atoms with van der Waals surface area (Å²) < 4.78 is 0. The third-order valence-corrected chi connectivity index (χ3v) is 4.72. The number of hydrogen-bond acceptors (Lipinski definition) is 3. The summed E-state index contributed by atoms with van der Waals surface area (Å²) in [6.07, 6.45) is 2.24. The predicted octanol–water partition coefficient (Wildman–Crippen LogP) is 2.21. The Labute approximate surface area is 140 Å². The molecular formula is C19H31N3O. The van der Waals surface area contributed by atoms with E-state index in [0.29, 0.717) is 11.8 Å². The van der Waals surface area contributed by atoms with Crippen LogP contribution in [0.2, 0.25) is 0 Å². The van der Waals surface area contributed by atoms with Gasteiger partial charge in [0.1, 0.15) is 0 Å². The summed E-state index contributed by atoms with van der Waals surface area (Å²) in [4.78, 5) is 16.8. The van der Waals surface area contributed by atoms with Crippen LogP contribution >= 0.6 is 0 Å². The standard InChI is InChI=1S/C19H31N3O/c1-16(13-20-2)19(23)22-11-9-18(10-12-22)15-21(3)14-17-7-5-4-6-8-17/h4-8,16,18,20H,9-15H2,1-3H3. The minimum atomic E-state index is 0.0808. The van der Waals surface area contributed by atoms with Crippen LogP contribution < -0.4 is 5.32 Å².